The molecule has 1 aliphatic heterocycles. The third kappa shape index (κ3) is 4.40. The zero-order chi connectivity index (χ0) is 17.9. The molecule has 0 N–H and O–H groups in total. The first-order chi connectivity index (χ1) is 12.0. The monoisotopic (exact) mass is 362 g/mol. The number of anilines is 1. The largest absolute Gasteiger partial charge is 0.378 e. The molecule has 0 amide bonds. The quantitative estimate of drug-likeness (QED) is 0.559. The van der Waals surface area contributed by atoms with Crippen LogP contribution in [0.3, 0.4) is 0 Å². The fourth-order valence-corrected chi connectivity index (χ4v) is 3.87. The van der Waals surface area contributed by atoms with Crippen LogP contribution in [-0.2, 0) is 22.6 Å². The average molecular weight is 363 g/mol. The minimum atomic E-state index is -1.06. The summed E-state index contributed by atoms with van der Waals surface area (Å²) >= 11 is 0. The predicted octanol–water partition coefficient (Wildman–Crippen LogP) is 3.14. The standard InChI is InChI=1S/C18H30N4O2Si/c1-5-15-12-22(14-24-10-11-25(2,3)4)18-16(15)17(19-13-20-18)21-6-8-23-9-7-21/h12-13H,5-11,14H2,1-4H3. The highest BCUT2D eigenvalue weighted by molar-refractivity contribution is 6.76. The van der Waals surface area contributed by atoms with Crippen molar-refractivity contribution in [1.82, 2.24) is 14.5 Å². The van der Waals surface area contributed by atoms with Gasteiger partial charge in [-0.05, 0) is 18.0 Å². The maximum absolute atomic E-state index is 5.95. The van der Waals surface area contributed by atoms with E-state index in [2.05, 4.69) is 52.2 Å². The van der Waals surface area contributed by atoms with E-state index in [0.29, 0.717) is 6.73 Å². The molecular weight excluding hydrogens is 332 g/mol. The Bertz CT molecular complexity index is 705. The van der Waals surface area contributed by atoms with Crippen molar-refractivity contribution >= 4 is 24.9 Å². The molecule has 2 aromatic rings. The van der Waals surface area contributed by atoms with Gasteiger partial charge in [-0.3, -0.25) is 0 Å². The fourth-order valence-electron chi connectivity index (χ4n) is 3.11. The third-order valence-electron chi connectivity index (χ3n) is 4.63. The number of rotatable bonds is 7. The molecule has 3 heterocycles. The Morgan fingerprint density at radius 2 is 1.96 bits per heavy atom. The summed E-state index contributed by atoms with van der Waals surface area (Å²) in [5.74, 6) is 1.03. The van der Waals surface area contributed by atoms with Crippen molar-refractivity contribution < 1.29 is 9.47 Å². The summed E-state index contributed by atoms with van der Waals surface area (Å²) in [7, 11) is -1.06. The second kappa shape index (κ2) is 7.84. The molecule has 1 aliphatic rings. The van der Waals surface area contributed by atoms with Crippen LogP contribution in [0.2, 0.25) is 25.7 Å². The van der Waals surface area contributed by atoms with E-state index in [-0.39, 0.29) is 0 Å². The van der Waals surface area contributed by atoms with Gasteiger partial charge in [0.2, 0.25) is 0 Å². The number of ether oxygens (including phenoxy) is 2. The second-order valence-electron chi connectivity index (χ2n) is 7.82. The predicted molar refractivity (Wildman–Crippen MR) is 104 cm³/mol. The van der Waals surface area contributed by atoms with Crippen LogP contribution in [-0.4, -0.2) is 55.5 Å². The molecule has 0 unspecified atom stereocenters. The number of hydrogen-bond donors (Lipinski definition) is 0. The van der Waals surface area contributed by atoms with Gasteiger partial charge in [0, 0.05) is 34.0 Å². The van der Waals surface area contributed by atoms with Crippen molar-refractivity contribution in [2.45, 2.75) is 45.8 Å². The van der Waals surface area contributed by atoms with Gasteiger partial charge in [0.05, 0.1) is 18.6 Å². The van der Waals surface area contributed by atoms with E-state index in [1.165, 1.54) is 17.0 Å². The first-order valence-electron chi connectivity index (χ1n) is 9.23. The molecule has 0 spiro atoms. The van der Waals surface area contributed by atoms with E-state index >= 15 is 0 Å². The summed E-state index contributed by atoms with van der Waals surface area (Å²) in [6.45, 7) is 14.0. The van der Waals surface area contributed by atoms with Crippen molar-refractivity contribution in [3.05, 3.63) is 18.1 Å². The fraction of sp³-hybridized carbons (Fsp3) is 0.667. The van der Waals surface area contributed by atoms with Gasteiger partial charge in [0.15, 0.2) is 0 Å². The molecule has 0 saturated carbocycles. The second-order valence-corrected chi connectivity index (χ2v) is 13.4. The SMILES string of the molecule is CCc1cn(COCC[Si](C)(C)C)c2ncnc(N3CCOCC3)c12. The molecule has 3 rings (SSSR count). The Hall–Kier alpha value is -1.44. The average Bonchev–Trinajstić information content (AvgIpc) is 2.97. The molecule has 0 radical (unpaired) electrons. The zero-order valence-electron chi connectivity index (χ0n) is 15.9. The van der Waals surface area contributed by atoms with Crippen molar-refractivity contribution in [3.63, 3.8) is 0 Å². The van der Waals surface area contributed by atoms with Crippen LogP contribution in [0, 0.1) is 0 Å². The third-order valence-corrected chi connectivity index (χ3v) is 6.33. The smallest absolute Gasteiger partial charge is 0.147 e. The molecule has 25 heavy (non-hydrogen) atoms. The summed E-state index contributed by atoms with van der Waals surface area (Å²) in [6.07, 6.45) is 4.81. The van der Waals surface area contributed by atoms with Crippen LogP contribution in [0.15, 0.2) is 12.5 Å². The number of aryl methyl sites for hydroxylation is 1. The van der Waals surface area contributed by atoms with Crippen molar-refractivity contribution in [2.24, 2.45) is 0 Å². The van der Waals surface area contributed by atoms with Crippen LogP contribution in [0.25, 0.3) is 11.0 Å². The maximum Gasteiger partial charge on any atom is 0.147 e. The number of aromatic nitrogens is 3. The maximum atomic E-state index is 5.95. The summed E-state index contributed by atoms with van der Waals surface area (Å²) in [5.41, 5.74) is 2.26. The van der Waals surface area contributed by atoms with E-state index in [0.717, 1.165) is 50.8 Å². The summed E-state index contributed by atoms with van der Waals surface area (Å²) in [5, 5.41) is 1.17. The van der Waals surface area contributed by atoms with Gasteiger partial charge in [-0.2, -0.15) is 0 Å². The summed E-state index contributed by atoms with van der Waals surface area (Å²) in [4.78, 5) is 11.5. The Balaban J connectivity index is 1.83. The molecule has 0 aromatic carbocycles. The van der Waals surface area contributed by atoms with E-state index in [1.54, 1.807) is 6.33 Å². The van der Waals surface area contributed by atoms with Crippen molar-refractivity contribution in [1.29, 1.82) is 0 Å². The molecular formula is C18H30N4O2Si. The topological polar surface area (TPSA) is 52.4 Å². The van der Waals surface area contributed by atoms with Crippen LogP contribution >= 0.6 is 0 Å². The normalized spacial score (nSPS) is 15.9. The molecule has 1 saturated heterocycles. The minimum Gasteiger partial charge on any atom is -0.378 e. The Morgan fingerprint density at radius 1 is 1.20 bits per heavy atom. The Morgan fingerprint density at radius 3 is 2.64 bits per heavy atom. The first kappa shape index (κ1) is 18.4. The summed E-state index contributed by atoms with van der Waals surface area (Å²) < 4.78 is 13.6. The molecule has 1 fully saturated rings. The van der Waals surface area contributed by atoms with Gasteiger partial charge in [-0.15, -0.1) is 0 Å². The number of nitrogens with zero attached hydrogens (tertiary/aromatic N) is 4. The van der Waals surface area contributed by atoms with E-state index < -0.39 is 8.07 Å². The molecule has 2 aromatic heterocycles. The van der Waals surface area contributed by atoms with E-state index in [1.807, 2.05) is 0 Å². The molecule has 0 bridgehead atoms. The molecule has 6 nitrogen and oxygen atoms in total. The van der Waals surface area contributed by atoms with Crippen molar-refractivity contribution in [3.8, 4) is 0 Å². The summed E-state index contributed by atoms with van der Waals surface area (Å²) in [6, 6.07) is 1.18. The lowest BCUT2D eigenvalue weighted by Gasteiger charge is -2.28. The van der Waals surface area contributed by atoms with Crippen LogP contribution in [0.5, 0.6) is 0 Å². The Labute approximate surface area is 151 Å². The van der Waals surface area contributed by atoms with Gasteiger partial charge < -0.3 is 18.9 Å². The first-order valence-corrected chi connectivity index (χ1v) is 12.9. The number of morpholine rings is 1. The lowest BCUT2D eigenvalue weighted by atomic mass is 10.2. The van der Waals surface area contributed by atoms with Crippen LogP contribution in [0.4, 0.5) is 5.82 Å². The highest BCUT2D eigenvalue weighted by Crippen LogP contribution is 2.29. The molecule has 138 valence electrons. The van der Waals surface area contributed by atoms with Gasteiger partial charge in [0.1, 0.15) is 24.5 Å². The number of fused-ring (bicyclic) bond motifs is 1. The van der Waals surface area contributed by atoms with Crippen molar-refractivity contribution in [2.75, 3.05) is 37.8 Å². The highest BCUT2D eigenvalue weighted by Gasteiger charge is 2.20. The zero-order valence-corrected chi connectivity index (χ0v) is 16.9. The Kier molecular flexibility index (Phi) is 5.76. The van der Waals surface area contributed by atoms with Gasteiger partial charge >= 0.3 is 0 Å². The lowest BCUT2D eigenvalue weighted by Crippen LogP contribution is -2.37. The molecule has 7 heteroatoms. The lowest BCUT2D eigenvalue weighted by molar-refractivity contribution is 0.0898. The molecule has 0 aliphatic carbocycles. The molecule has 0 atom stereocenters. The van der Waals surface area contributed by atoms with Gasteiger partial charge in [-0.1, -0.05) is 26.6 Å². The minimum absolute atomic E-state index is 0.556. The highest BCUT2D eigenvalue weighted by atomic mass is 28.3. The van der Waals surface area contributed by atoms with Crippen LogP contribution in [0.1, 0.15) is 12.5 Å². The van der Waals surface area contributed by atoms with E-state index in [9.17, 15) is 0 Å². The van der Waals surface area contributed by atoms with E-state index in [4.69, 9.17) is 9.47 Å². The van der Waals surface area contributed by atoms with Gasteiger partial charge in [0.25, 0.3) is 0 Å². The van der Waals surface area contributed by atoms with Crippen LogP contribution < -0.4 is 4.90 Å². The number of hydrogen-bond acceptors (Lipinski definition) is 5. The van der Waals surface area contributed by atoms with Gasteiger partial charge in [-0.25, -0.2) is 9.97 Å².